The second-order valence-electron chi connectivity index (χ2n) is 4.93. The van der Waals surface area contributed by atoms with Crippen molar-refractivity contribution < 1.29 is 27.5 Å². The minimum absolute atomic E-state index is 0.00943. The third-order valence-corrected chi connectivity index (χ3v) is 4.73. The zero-order valence-corrected chi connectivity index (χ0v) is 15.8. The van der Waals surface area contributed by atoms with E-state index < -0.39 is 26.9 Å². The summed E-state index contributed by atoms with van der Waals surface area (Å²) >= 11 is 5.93. The molecule has 0 unspecified atom stereocenters. The number of amides is 2. The molecule has 144 valence electrons. The van der Waals surface area contributed by atoms with Gasteiger partial charge in [-0.25, -0.2) is 27.7 Å². The fraction of sp³-hybridized carbons (Fsp3) is 0.200. The van der Waals surface area contributed by atoms with Crippen LogP contribution in [0, 0.1) is 0 Å². The van der Waals surface area contributed by atoms with Gasteiger partial charge in [0.15, 0.2) is 5.82 Å². The van der Waals surface area contributed by atoms with Gasteiger partial charge in [-0.1, -0.05) is 23.7 Å². The van der Waals surface area contributed by atoms with Crippen LogP contribution in [0.1, 0.15) is 17.3 Å². The topological polar surface area (TPSA) is 151 Å². The Labute approximate surface area is 159 Å². The Bertz CT molecular complexity index is 996. The van der Waals surface area contributed by atoms with Gasteiger partial charge in [0.1, 0.15) is 10.0 Å². The molecule has 0 bridgehead atoms. The van der Waals surface area contributed by atoms with E-state index >= 15 is 0 Å². The van der Waals surface area contributed by atoms with Gasteiger partial charge in [-0.05, 0) is 13.0 Å². The Kier molecular flexibility index (Phi) is 6.18. The van der Waals surface area contributed by atoms with Crippen LogP contribution >= 0.6 is 11.6 Å². The number of carbonyl (C=O) groups excluding carboxylic acids is 2. The Morgan fingerprint density at radius 2 is 2.00 bits per heavy atom. The van der Waals surface area contributed by atoms with Crippen LogP contribution in [0.3, 0.4) is 0 Å². The highest BCUT2D eigenvalue weighted by atomic mass is 35.5. The van der Waals surface area contributed by atoms with E-state index in [0.29, 0.717) is 0 Å². The van der Waals surface area contributed by atoms with E-state index in [2.05, 4.69) is 9.97 Å². The van der Waals surface area contributed by atoms with Crippen molar-refractivity contribution in [3.63, 3.8) is 0 Å². The highest BCUT2D eigenvalue weighted by Gasteiger charge is 2.29. The molecule has 0 fully saturated rings. The first-order valence-corrected chi connectivity index (χ1v) is 9.27. The molecular weight excluding hydrogens is 400 g/mol. The van der Waals surface area contributed by atoms with Crippen molar-refractivity contribution in [2.75, 3.05) is 13.7 Å². The van der Waals surface area contributed by atoms with Gasteiger partial charge < -0.3 is 15.2 Å². The van der Waals surface area contributed by atoms with Gasteiger partial charge in [-0.2, -0.15) is 4.98 Å². The number of methoxy groups -OCH3 is 1. The summed E-state index contributed by atoms with van der Waals surface area (Å²) in [6.45, 7) is 1.53. The molecule has 1 aromatic carbocycles. The van der Waals surface area contributed by atoms with E-state index in [4.69, 9.17) is 26.8 Å². The Balaban J connectivity index is 2.79. The van der Waals surface area contributed by atoms with Gasteiger partial charge in [0.25, 0.3) is 10.0 Å². The minimum atomic E-state index is -4.45. The number of nitrogens with two attached hydrogens (primary N) is 1. The number of urea groups is 1. The maximum atomic E-state index is 12.5. The van der Waals surface area contributed by atoms with Gasteiger partial charge in [-0.15, -0.1) is 0 Å². The second-order valence-corrected chi connectivity index (χ2v) is 6.96. The van der Waals surface area contributed by atoms with E-state index in [1.165, 1.54) is 25.3 Å². The lowest BCUT2D eigenvalue weighted by atomic mass is 10.1. The third-order valence-electron chi connectivity index (χ3n) is 3.15. The monoisotopic (exact) mass is 414 g/mol. The molecule has 2 aromatic rings. The maximum Gasteiger partial charge on any atom is 0.340 e. The van der Waals surface area contributed by atoms with Crippen molar-refractivity contribution in [2.24, 2.45) is 5.73 Å². The summed E-state index contributed by atoms with van der Waals surface area (Å²) in [6, 6.07) is 3.88. The molecule has 10 nitrogen and oxygen atoms in total. The van der Waals surface area contributed by atoms with Crippen LogP contribution in [0.25, 0.3) is 11.4 Å². The van der Waals surface area contributed by atoms with E-state index in [-0.39, 0.29) is 34.6 Å². The number of primary amides is 1. The Hall–Kier alpha value is -2.92. The van der Waals surface area contributed by atoms with Crippen LogP contribution in [0.2, 0.25) is 5.15 Å². The van der Waals surface area contributed by atoms with Gasteiger partial charge in [0.2, 0.25) is 5.88 Å². The maximum absolute atomic E-state index is 12.5. The third kappa shape index (κ3) is 4.63. The van der Waals surface area contributed by atoms with E-state index in [0.717, 1.165) is 6.07 Å². The Morgan fingerprint density at radius 3 is 2.59 bits per heavy atom. The number of benzene rings is 1. The SMILES string of the molecule is CCOC(=O)c1c(-c2nc(Cl)cc(OC)n2)cccc1S(=O)(=O)NC(N)=O. The molecule has 3 N–H and O–H groups in total. The van der Waals surface area contributed by atoms with Crippen LogP contribution in [0.5, 0.6) is 5.88 Å². The van der Waals surface area contributed by atoms with Crippen molar-refractivity contribution in [3.05, 3.63) is 35.0 Å². The second kappa shape index (κ2) is 8.18. The number of halogens is 1. The number of hydrogen-bond donors (Lipinski definition) is 2. The first kappa shape index (κ1) is 20.4. The predicted octanol–water partition coefficient (Wildman–Crippen LogP) is 1.34. The van der Waals surface area contributed by atoms with Gasteiger partial charge in [0.05, 0.1) is 19.3 Å². The van der Waals surface area contributed by atoms with E-state index in [9.17, 15) is 18.0 Å². The number of sulfonamides is 1. The zero-order valence-electron chi connectivity index (χ0n) is 14.2. The molecule has 27 heavy (non-hydrogen) atoms. The highest BCUT2D eigenvalue weighted by Crippen LogP contribution is 2.29. The van der Waals surface area contributed by atoms with Crippen molar-refractivity contribution in [1.29, 1.82) is 0 Å². The number of rotatable bonds is 6. The number of hydrogen-bond acceptors (Lipinski definition) is 8. The number of ether oxygens (including phenoxy) is 2. The van der Waals surface area contributed by atoms with Crippen LogP contribution in [0.4, 0.5) is 4.79 Å². The first-order chi connectivity index (χ1) is 12.7. The van der Waals surface area contributed by atoms with Crippen LogP contribution in [-0.2, 0) is 14.8 Å². The van der Waals surface area contributed by atoms with Crippen molar-refractivity contribution in [1.82, 2.24) is 14.7 Å². The summed E-state index contributed by atoms with van der Waals surface area (Å²) in [5.74, 6) is -0.928. The van der Waals surface area contributed by atoms with Gasteiger partial charge in [-0.3, -0.25) is 0 Å². The number of nitrogens with zero attached hydrogens (tertiary/aromatic N) is 2. The number of aromatic nitrogens is 2. The minimum Gasteiger partial charge on any atom is -0.481 e. The lowest BCUT2D eigenvalue weighted by molar-refractivity contribution is 0.0522. The first-order valence-electron chi connectivity index (χ1n) is 7.41. The molecule has 0 spiro atoms. The summed E-state index contributed by atoms with van der Waals surface area (Å²) in [6.07, 6.45) is 0. The Morgan fingerprint density at radius 1 is 1.30 bits per heavy atom. The number of nitrogens with one attached hydrogen (secondary N) is 1. The predicted molar refractivity (Wildman–Crippen MR) is 94.9 cm³/mol. The molecule has 0 atom stereocenters. The van der Waals surface area contributed by atoms with E-state index in [1.807, 2.05) is 0 Å². The average Bonchev–Trinajstić information content (AvgIpc) is 2.59. The standard InChI is InChI=1S/C15H15ClN4O6S/c1-3-26-14(21)12-8(13-18-10(16)7-11(19-13)25-2)5-4-6-9(12)27(23,24)20-15(17)22/h4-7H,3H2,1-2H3,(H3,17,20,22). The smallest absolute Gasteiger partial charge is 0.340 e. The molecular formula is C15H15ClN4O6S. The molecule has 1 aromatic heterocycles. The zero-order chi connectivity index (χ0) is 20.2. The molecule has 0 radical (unpaired) electrons. The molecule has 0 saturated heterocycles. The quantitative estimate of drug-likeness (QED) is 0.530. The largest absolute Gasteiger partial charge is 0.481 e. The molecule has 0 aliphatic carbocycles. The van der Waals surface area contributed by atoms with Crippen molar-refractivity contribution in [2.45, 2.75) is 11.8 Å². The van der Waals surface area contributed by atoms with Crippen LogP contribution in [0.15, 0.2) is 29.2 Å². The molecule has 2 rings (SSSR count). The number of esters is 1. The summed E-state index contributed by atoms with van der Waals surface area (Å²) in [5.41, 5.74) is 4.54. The van der Waals surface area contributed by atoms with Crippen molar-refractivity contribution >= 4 is 33.6 Å². The fourth-order valence-corrected chi connectivity index (χ4v) is 3.43. The summed E-state index contributed by atoms with van der Waals surface area (Å²) in [4.78, 5) is 31.1. The molecule has 2 amide bonds. The molecule has 1 heterocycles. The molecule has 0 saturated carbocycles. The average molecular weight is 415 g/mol. The van der Waals surface area contributed by atoms with Gasteiger partial charge >= 0.3 is 12.0 Å². The molecule has 0 aliphatic rings. The van der Waals surface area contributed by atoms with Gasteiger partial charge in [0, 0.05) is 11.6 Å². The lowest BCUT2D eigenvalue weighted by Gasteiger charge is -2.14. The summed E-state index contributed by atoms with van der Waals surface area (Å²) in [5, 5.41) is 0.00943. The molecule has 12 heteroatoms. The fourth-order valence-electron chi connectivity index (χ4n) is 2.16. The van der Waals surface area contributed by atoms with E-state index in [1.54, 1.807) is 11.6 Å². The van der Waals surface area contributed by atoms with Crippen molar-refractivity contribution in [3.8, 4) is 17.3 Å². The normalized spacial score (nSPS) is 10.9. The molecule has 0 aliphatic heterocycles. The summed E-state index contributed by atoms with van der Waals surface area (Å²) in [7, 11) is -3.10. The summed E-state index contributed by atoms with van der Waals surface area (Å²) < 4.78 is 36.4. The number of carbonyl (C=O) groups is 2. The van der Waals surface area contributed by atoms with Crippen LogP contribution < -0.4 is 15.2 Å². The lowest BCUT2D eigenvalue weighted by Crippen LogP contribution is -2.36. The van der Waals surface area contributed by atoms with Crippen LogP contribution in [-0.4, -0.2) is 44.1 Å². The highest BCUT2D eigenvalue weighted by molar-refractivity contribution is 7.90.